The first-order chi connectivity index (χ1) is 6.03. The van der Waals surface area contributed by atoms with Crippen LogP contribution in [0, 0.1) is 12.3 Å². The van der Waals surface area contributed by atoms with Crippen LogP contribution in [0.3, 0.4) is 0 Å². The number of halogens is 1. The average Bonchev–Trinajstić information content (AvgIpc) is 2.48. The van der Waals surface area contributed by atoms with Gasteiger partial charge in [-0.3, -0.25) is 5.10 Å². The van der Waals surface area contributed by atoms with Gasteiger partial charge in [0, 0.05) is 11.1 Å². The summed E-state index contributed by atoms with van der Waals surface area (Å²) >= 11 is 5.18. The van der Waals surface area contributed by atoms with E-state index in [-0.39, 0.29) is 0 Å². The zero-order valence-electron chi connectivity index (χ0n) is 8.09. The summed E-state index contributed by atoms with van der Waals surface area (Å²) in [6.45, 7) is 6.34. The quantitative estimate of drug-likeness (QED) is 0.671. The van der Waals surface area contributed by atoms with Gasteiger partial charge in [-0.2, -0.15) is 0 Å². The van der Waals surface area contributed by atoms with E-state index in [1.807, 2.05) is 6.92 Å². The van der Waals surface area contributed by atoms with E-state index in [1.165, 1.54) is 0 Å². The SMILES string of the molecule is Cc1nc(SCC(C)(C)CBr)n[nH]1. The highest BCUT2D eigenvalue weighted by Crippen LogP contribution is 2.26. The Hall–Kier alpha value is -0.0300. The number of H-pyrrole nitrogens is 1. The molecule has 5 heteroatoms. The van der Waals surface area contributed by atoms with Crippen LogP contribution in [0.2, 0.25) is 0 Å². The summed E-state index contributed by atoms with van der Waals surface area (Å²) in [7, 11) is 0. The van der Waals surface area contributed by atoms with Crippen molar-refractivity contribution in [3.8, 4) is 0 Å². The summed E-state index contributed by atoms with van der Waals surface area (Å²) in [4.78, 5) is 4.23. The van der Waals surface area contributed by atoms with Crippen molar-refractivity contribution in [1.82, 2.24) is 15.2 Å². The lowest BCUT2D eigenvalue weighted by atomic mass is 10.0. The van der Waals surface area contributed by atoms with Crippen molar-refractivity contribution in [1.29, 1.82) is 0 Å². The van der Waals surface area contributed by atoms with Crippen LogP contribution < -0.4 is 0 Å². The zero-order chi connectivity index (χ0) is 9.90. The topological polar surface area (TPSA) is 41.6 Å². The Kier molecular flexibility index (Phi) is 3.79. The van der Waals surface area contributed by atoms with Crippen LogP contribution >= 0.6 is 27.7 Å². The molecule has 74 valence electrons. The number of aromatic amines is 1. The molecule has 1 rings (SSSR count). The Bertz CT molecular complexity index is 272. The number of alkyl halides is 1. The smallest absolute Gasteiger partial charge is 0.208 e. The van der Waals surface area contributed by atoms with Crippen LogP contribution in [0.4, 0.5) is 0 Å². The van der Waals surface area contributed by atoms with E-state index in [2.05, 4.69) is 45.0 Å². The number of hydrogen-bond donors (Lipinski definition) is 1. The molecule has 0 spiro atoms. The fraction of sp³-hybridized carbons (Fsp3) is 0.750. The minimum absolute atomic E-state index is 0.291. The van der Waals surface area contributed by atoms with E-state index < -0.39 is 0 Å². The Labute approximate surface area is 91.2 Å². The Morgan fingerprint density at radius 3 is 2.69 bits per heavy atom. The third-order valence-electron chi connectivity index (χ3n) is 1.53. The number of nitrogens with one attached hydrogen (secondary N) is 1. The van der Waals surface area contributed by atoms with Crippen LogP contribution in [0.25, 0.3) is 0 Å². The summed E-state index contributed by atoms with van der Waals surface area (Å²) in [5.74, 6) is 1.90. The van der Waals surface area contributed by atoms with E-state index in [1.54, 1.807) is 11.8 Å². The molecule has 0 atom stereocenters. The molecule has 1 N–H and O–H groups in total. The minimum atomic E-state index is 0.291. The molecule has 0 aliphatic heterocycles. The van der Waals surface area contributed by atoms with Gasteiger partial charge in [0.15, 0.2) is 0 Å². The number of hydrogen-bond acceptors (Lipinski definition) is 3. The second-order valence-electron chi connectivity index (χ2n) is 3.79. The molecule has 3 nitrogen and oxygen atoms in total. The molecule has 1 aromatic heterocycles. The normalized spacial score (nSPS) is 12.0. The van der Waals surface area contributed by atoms with Gasteiger partial charge >= 0.3 is 0 Å². The van der Waals surface area contributed by atoms with Gasteiger partial charge in [0.2, 0.25) is 5.16 Å². The van der Waals surface area contributed by atoms with Crippen LogP contribution in [0.1, 0.15) is 19.7 Å². The van der Waals surface area contributed by atoms with Crippen LogP contribution in [0.15, 0.2) is 5.16 Å². The first-order valence-electron chi connectivity index (χ1n) is 4.11. The molecule has 0 bridgehead atoms. The van der Waals surface area contributed by atoms with Gasteiger partial charge < -0.3 is 0 Å². The molecule has 0 aliphatic rings. The van der Waals surface area contributed by atoms with Crippen LogP contribution in [-0.2, 0) is 0 Å². The Morgan fingerprint density at radius 1 is 1.54 bits per heavy atom. The molecule has 0 saturated heterocycles. The third-order valence-corrected chi connectivity index (χ3v) is 4.42. The average molecular weight is 264 g/mol. The summed E-state index contributed by atoms with van der Waals surface area (Å²) in [5, 5.41) is 8.73. The van der Waals surface area contributed by atoms with E-state index >= 15 is 0 Å². The molecule has 0 fully saturated rings. The molecular weight excluding hydrogens is 250 g/mol. The number of thioether (sulfide) groups is 1. The standard InChI is InChI=1S/C8H14BrN3S/c1-6-10-7(12-11-6)13-5-8(2,3)4-9/h4-5H2,1-3H3,(H,10,11,12). The van der Waals surface area contributed by atoms with Gasteiger partial charge in [0.25, 0.3) is 0 Å². The van der Waals surface area contributed by atoms with Gasteiger partial charge in [-0.05, 0) is 12.3 Å². The van der Waals surface area contributed by atoms with Crippen molar-refractivity contribution in [2.24, 2.45) is 5.41 Å². The lowest BCUT2D eigenvalue weighted by Crippen LogP contribution is -2.16. The molecule has 0 amide bonds. The van der Waals surface area contributed by atoms with E-state index in [4.69, 9.17) is 0 Å². The van der Waals surface area contributed by atoms with Gasteiger partial charge in [0.05, 0.1) is 0 Å². The Morgan fingerprint density at radius 2 is 2.23 bits per heavy atom. The minimum Gasteiger partial charge on any atom is -0.262 e. The third kappa shape index (κ3) is 3.68. The summed E-state index contributed by atoms with van der Waals surface area (Å²) < 4.78 is 0. The fourth-order valence-electron chi connectivity index (χ4n) is 0.685. The van der Waals surface area contributed by atoms with Crippen LogP contribution in [0.5, 0.6) is 0 Å². The number of rotatable bonds is 4. The molecule has 1 heterocycles. The lowest BCUT2D eigenvalue weighted by Gasteiger charge is -2.19. The maximum atomic E-state index is 4.23. The van der Waals surface area contributed by atoms with Crippen molar-refractivity contribution in [2.45, 2.75) is 25.9 Å². The second kappa shape index (κ2) is 4.46. The number of aryl methyl sites for hydroxylation is 1. The predicted molar refractivity (Wildman–Crippen MR) is 59.4 cm³/mol. The van der Waals surface area contributed by atoms with Crippen molar-refractivity contribution in [3.63, 3.8) is 0 Å². The fourth-order valence-corrected chi connectivity index (χ4v) is 2.08. The molecule has 0 aromatic carbocycles. The second-order valence-corrected chi connectivity index (χ2v) is 5.29. The molecule has 0 radical (unpaired) electrons. The summed E-state index contributed by atoms with van der Waals surface area (Å²) in [6, 6.07) is 0. The first-order valence-corrected chi connectivity index (χ1v) is 6.22. The molecule has 1 aromatic rings. The molecular formula is C8H14BrN3S. The number of nitrogens with zero attached hydrogens (tertiary/aromatic N) is 2. The van der Waals surface area contributed by atoms with Gasteiger partial charge in [-0.1, -0.05) is 41.5 Å². The zero-order valence-corrected chi connectivity index (χ0v) is 10.5. The van der Waals surface area contributed by atoms with Crippen molar-refractivity contribution >= 4 is 27.7 Å². The van der Waals surface area contributed by atoms with Gasteiger partial charge in [-0.25, -0.2) is 4.98 Å². The highest BCUT2D eigenvalue weighted by molar-refractivity contribution is 9.09. The van der Waals surface area contributed by atoms with Crippen molar-refractivity contribution < 1.29 is 0 Å². The highest BCUT2D eigenvalue weighted by atomic mass is 79.9. The largest absolute Gasteiger partial charge is 0.262 e. The Balaban J connectivity index is 2.43. The first kappa shape index (κ1) is 11.0. The van der Waals surface area contributed by atoms with Gasteiger partial charge in [-0.15, -0.1) is 5.10 Å². The maximum absolute atomic E-state index is 4.23. The highest BCUT2D eigenvalue weighted by Gasteiger charge is 2.17. The molecule has 0 aliphatic carbocycles. The number of aromatic nitrogens is 3. The molecule has 13 heavy (non-hydrogen) atoms. The predicted octanol–water partition coefficient (Wildman–Crippen LogP) is 2.63. The summed E-state index contributed by atoms with van der Waals surface area (Å²) in [6.07, 6.45) is 0. The summed E-state index contributed by atoms with van der Waals surface area (Å²) in [5.41, 5.74) is 0.291. The van der Waals surface area contributed by atoms with E-state index in [0.29, 0.717) is 5.41 Å². The molecule has 0 saturated carbocycles. The van der Waals surface area contributed by atoms with Crippen LogP contribution in [-0.4, -0.2) is 26.3 Å². The molecule has 0 unspecified atom stereocenters. The van der Waals surface area contributed by atoms with E-state index in [9.17, 15) is 0 Å². The van der Waals surface area contributed by atoms with E-state index in [0.717, 1.165) is 22.1 Å². The maximum Gasteiger partial charge on any atom is 0.208 e. The lowest BCUT2D eigenvalue weighted by molar-refractivity contribution is 0.496. The van der Waals surface area contributed by atoms with Crippen molar-refractivity contribution in [3.05, 3.63) is 5.82 Å². The van der Waals surface area contributed by atoms with Gasteiger partial charge in [0.1, 0.15) is 5.82 Å². The monoisotopic (exact) mass is 263 g/mol. The van der Waals surface area contributed by atoms with Crippen molar-refractivity contribution in [2.75, 3.05) is 11.1 Å².